The number of isocyanates is 1. The van der Waals surface area contributed by atoms with Crippen LogP contribution < -0.4 is 0 Å². The SMILES string of the molecule is CCCCOC1CCC(N=C=O)CC1. The Kier molecular flexibility index (Phi) is 5.50. The zero-order valence-corrected chi connectivity index (χ0v) is 8.87. The third-order valence-electron chi connectivity index (χ3n) is 2.73. The summed E-state index contributed by atoms with van der Waals surface area (Å²) in [6.45, 7) is 3.04. The molecule has 0 aromatic heterocycles. The first-order valence-corrected chi connectivity index (χ1v) is 5.55. The highest BCUT2D eigenvalue weighted by Gasteiger charge is 2.20. The van der Waals surface area contributed by atoms with Crippen LogP contribution in [0, 0.1) is 0 Å². The summed E-state index contributed by atoms with van der Waals surface area (Å²) in [5.74, 6) is 0. The van der Waals surface area contributed by atoms with Crippen molar-refractivity contribution in [2.75, 3.05) is 6.61 Å². The maximum Gasteiger partial charge on any atom is 0.235 e. The van der Waals surface area contributed by atoms with E-state index in [0.717, 1.165) is 38.7 Å². The molecule has 0 saturated heterocycles. The molecule has 0 aromatic carbocycles. The van der Waals surface area contributed by atoms with Crippen molar-refractivity contribution in [3.05, 3.63) is 0 Å². The van der Waals surface area contributed by atoms with Gasteiger partial charge in [-0.25, -0.2) is 9.79 Å². The largest absolute Gasteiger partial charge is 0.378 e. The van der Waals surface area contributed by atoms with Gasteiger partial charge in [-0.1, -0.05) is 13.3 Å². The number of ether oxygens (including phenoxy) is 1. The highest BCUT2D eigenvalue weighted by molar-refractivity contribution is 5.33. The van der Waals surface area contributed by atoms with E-state index in [1.807, 2.05) is 0 Å². The highest BCUT2D eigenvalue weighted by Crippen LogP contribution is 2.23. The average Bonchev–Trinajstić information content (AvgIpc) is 2.21. The molecule has 0 spiro atoms. The number of carbonyl (C=O) groups excluding carboxylic acids is 1. The van der Waals surface area contributed by atoms with Crippen molar-refractivity contribution in [1.29, 1.82) is 0 Å². The van der Waals surface area contributed by atoms with Crippen molar-refractivity contribution < 1.29 is 9.53 Å². The van der Waals surface area contributed by atoms with Crippen molar-refractivity contribution in [2.24, 2.45) is 4.99 Å². The van der Waals surface area contributed by atoms with E-state index >= 15 is 0 Å². The molecule has 3 nitrogen and oxygen atoms in total. The van der Waals surface area contributed by atoms with Gasteiger partial charge in [-0.3, -0.25) is 0 Å². The molecule has 0 unspecified atom stereocenters. The van der Waals surface area contributed by atoms with E-state index in [2.05, 4.69) is 11.9 Å². The lowest BCUT2D eigenvalue weighted by Crippen LogP contribution is -2.23. The van der Waals surface area contributed by atoms with Gasteiger partial charge >= 0.3 is 0 Å². The fourth-order valence-corrected chi connectivity index (χ4v) is 1.81. The van der Waals surface area contributed by atoms with Gasteiger partial charge in [0.2, 0.25) is 6.08 Å². The monoisotopic (exact) mass is 197 g/mol. The van der Waals surface area contributed by atoms with Crippen LogP contribution in [0.25, 0.3) is 0 Å². The summed E-state index contributed by atoms with van der Waals surface area (Å²) in [6.07, 6.45) is 8.41. The standard InChI is InChI=1S/C11H19NO2/c1-2-3-8-14-11-6-4-10(5-7-11)12-9-13/h10-11H,2-8H2,1H3. The van der Waals surface area contributed by atoms with Gasteiger partial charge in [-0.2, -0.15) is 0 Å². The van der Waals surface area contributed by atoms with E-state index in [1.54, 1.807) is 6.08 Å². The normalized spacial score (nSPS) is 26.9. The second-order valence-electron chi connectivity index (χ2n) is 3.88. The predicted molar refractivity (Wildman–Crippen MR) is 55.0 cm³/mol. The molecule has 0 atom stereocenters. The van der Waals surface area contributed by atoms with Crippen LogP contribution in [0.5, 0.6) is 0 Å². The van der Waals surface area contributed by atoms with E-state index in [1.165, 1.54) is 6.42 Å². The molecule has 80 valence electrons. The maximum absolute atomic E-state index is 10.0. The topological polar surface area (TPSA) is 38.7 Å². The number of aliphatic imine (C=N–C) groups is 1. The molecule has 0 aliphatic heterocycles. The van der Waals surface area contributed by atoms with Crippen LogP contribution in [0.2, 0.25) is 0 Å². The number of unbranched alkanes of at least 4 members (excludes halogenated alkanes) is 1. The first kappa shape index (κ1) is 11.4. The van der Waals surface area contributed by atoms with Crippen LogP contribution in [-0.4, -0.2) is 24.8 Å². The van der Waals surface area contributed by atoms with E-state index in [4.69, 9.17) is 4.74 Å². The van der Waals surface area contributed by atoms with Crippen molar-refractivity contribution in [2.45, 2.75) is 57.6 Å². The lowest BCUT2D eigenvalue weighted by Gasteiger charge is -2.25. The summed E-state index contributed by atoms with van der Waals surface area (Å²) in [4.78, 5) is 13.8. The van der Waals surface area contributed by atoms with E-state index in [-0.39, 0.29) is 6.04 Å². The average molecular weight is 197 g/mol. The Morgan fingerprint density at radius 2 is 2.07 bits per heavy atom. The van der Waals surface area contributed by atoms with Crippen LogP contribution in [0.4, 0.5) is 0 Å². The van der Waals surface area contributed by atoms with Gasteiger partial charge in [0.15, 0.2) is 0 Å². The fraction of sp³-hybridized carbons (Fsp3) is 0.909. The van der Waals surface area contributed by atoms with Gasteiger partial charge in [0.25, 0.3) is 0 Å². The van der Waals surface area contributed by atoms with Crippen LogP contribution in [0.15, 0.2) is 4.99 Å². The molecule has 0 bridgehead atoms. The zero-order chi connectivity index (χ0) is 10.2. The van der Waals surface area contributed by atoms with Gasteiger partial charge in [0.1, 0.15) is 0 Å². The molecule has 1 aliphatic rings. The van der Waals surface area contributed by atoms with Crippen LogP contribution in [-0.2, 0) is 9.53 Å². The molecule has 1 fully saturated rings. The molecule has 1 saturated carbocycles. The molecular weight excluding hydrogens is 178 g/mol. The number of nitrogens with zero attached hydrogens (tertiary/aromatic N) is 1. The molecule has 14 heavy (non-hydrogen) atoms. The van der Waals surface area contributed by atoms with Crippen LogP contribution in [0.1, 0.15) is 45.4 Å². The van der Waals surface area contributed by atoms with E-state index in [0.29, 0.717) is 6.10 Å². The van der Waals surface area contributed by atoms with E-state index in [9.17, 15) is 4.79 Å². The number of rotatable bonds is 5. The predicted octanol–water partition coefficient (Wildman–Crippen LogP) is 2.45. The summed E-state index contributed by atoms with van der Waals surface area (Å²) in [5, 5.41) is 0. The van der Waals surface area contributed by atoms with Gasteiger partial charge in [0, 0.05) is 6.61 Å². The lowest BCUT2D eigenvalue weighted by molar-refractivity contribution is 0.0239. The molecule has 1 aliphatic carbocycles. The minimum absolute atomic E-state index is 0.207. The highest BCUT2D eigenvalue weighted by atomic mass is 16.5. The second-order valence-corrected chi connectivity index (χ2v) is 3.88. The Morgan fingerprint density at radius 3 is 2.64 bits per heavy atom. The first-order valence-electron chi connectivity index (χ1n) is 5.55. The van der Waals surface area contributed by atoms with Crippen LogP contribution in [0.3, 0.4) is 0 Å². The Balaban J connectivity index is 2.12. The second kappa shape index (κ2) is 6.74. The summed E-state index contributed by atoms with van der Waals surface area (Å²) in [5.41, 5.74) is 0. The molecule has 0 amide bonds. The third-order valence-corrected chi connectivity index (χ3v) is 2.73. The van der Waals surface area contributed by atoms with Gasteiger partial charge in [0.05, 0.1) is 12.1 Å². The van der Waals surface area contributed by atoms with Gasteiger partial charge in [-0.15, -0.1) is 0 Å². The van der Waals surface area contributed by atoms with Gasteiger partial charge in [-0.05, 0) is 32.1 Å². The van der Waals surface area contributed by atoms with E-state index < -0.39 is 0 Å². The molecule has 0 aromatic rings. The molecule has 0 N–H and O–H groups in total. The molecule has 3 heteroatoms. The maximum atomic E-state index is 10.0. The van der Waals surface area contributed by atoms with Crippen LogP contribution >= 0.6 is 0 Å². The van der Waals surface area contributed by atoms with Crippen molar-refractivity contribution in [1.82, 2.24) is 0 Å². The molecular formula is C11H19NO2. The minimum atomic E-state index is 0.207. The summed E-state index contributed by atoms with van der Waals surface area (Å²) >= 11 is 0. The molecule has 0 heterocycles. The lowest BCUT2D eigenvalue weighted by atomic mass is 9.93. The van der Waals surface area contributed by atoms with Crippen molar-refractivity contribution >= 4 is 6.08 Å². The minimum Gasteiger partial charge on any atom is -0.378 e. The third kappa shape index (κ3) is 4.03. The Labute approximate surface area is 85.6 Å². The number of hydrogen-bond acceptors (Lipinski definition) is 3. The van der Waals surface area contributed by atoms with Crippen molar-refractivity contribution in [3.8, 4) is 0 Å². The Morgan fingerprint density at radius 1 is 1.36 bits per heavy atom. The Bertz CT molecular complexity index is 191. The Hall–Kier alpha value is -0.660. The fourth-order valence-electron chi connectivity index (χ4n) is 1.81. The summed E-state index contributed by atoms with van der Waals surface area (Å²) < 4.78 is 5.71. The zero-order valence-electron chi connectivity index (χ0n) is 8.87. The quantitative estimate of drug-likeness (QED) is 0.386. The smallest absolute Gasteiger partial charge is 0.235 e. The first-order chi connectivity index (χ1) is 6.86. The van der Waals surface area contributed by atoms with Gasteiger partial charge < -0.3 is 4.74 Å². The number of hydrogen-bond donors (Lipinski definition) is 0. The summed E-state index contributed by atoms with van der Waals surface area (Å²) in [7, 11) is 0. The molecule has 1 rings (SSSR count). The summed E-state index contributed by atoms with van der Waals surface area (Å²) in [6, 6.07) is 0.207. The molecule has 0 radical (unpaired) electrons. The van der Waals surface area contributed by atoms with Crippen molar-refractivity contribution in [3.63, 3.8) is 0 Å².